The average molecular weight is 414 g/mol. The summed E-state index contributed by atoms with van der Waals surface area (Å²) < 4.78 is 19.2. The number of aromatic nitrogens is 1. The van der Waals surface area contributed by atoms with Gasteiger partial charge >= 0.3 is 5.97 Å². The molecule has 0 unspecified atom stereocenters. The summed E-state index contributed by atoms with van der Waals surface area (Å²) in [4.78, 5) is 20.2. The quantitative estimate of drug-likeness (QED) is 0.282. The van der Waals surface area contributed by atoms with Gasteiger partial charge in [-0.3, -0.25) is 9.98 Å². The summed E-state index contributed by atoms with van der Waals surface area (Å²) in [7, 11) is 1.32. The Kier molecular flexibility index (Phi) is 6.44. The summed E-state index contributed by atoms with van der Waals surface area (Å²) >= 11 is 6.04. The van der Waals surface area contributed by atoms with Gasteiger partial charge in [0.15, 0.2) is 0 Å². The Morgan fingerprint density at radius 3 is 2.83 bits per heavy atom. The SMILES string of the molecule is C=N/C=C\C(Nc1cc(-c2cc(Cl)ccc2F)ncc1C1CC1)=C(/C)C(=O)OC. The highest BCUT2D eigenvalue weighted by molar-refractivity contribution is 6.30. The van der Waals surface area contributed by atoms with E-state index in [0.29, 0.717) is 33.5 Å². The third-order valence-corrected chi connectivity index (χ3v) is 4.90. The molecule has 1 aliphatic carbocycles. The van der Waals surface area contributed by atoms with E-state index < -0.39 is 11.8 Å². The van der Waals surface area contributed by atoms with Crippen molar-refractivity contribution in [2.45, 2.75) is 25.7 Å². The van der Waals surface area contributed by atoms with Crippen LogP contribution in [0.5, 0.6) is 0 Å². The van der Waals surface area contributed by atoms with Crippen molar-refractivity contribution < 1.29 is 13.9 Å². The number of hydrogen-bond donors (Lipinski definition) is 1. The number of anilines is 1. The molecule has 7 heteroatoms. The van der Waals surface area contributed by atoms with Crippen LogP contribution >= 0.6 is 11.6 Å². The first-order chi connectivity index (χ1) is 13.9. The summed E-state index contributed by atoms with van der Waals surface area (Å²) in [5.74, 6) is -0.502. The molecule has 1 fully saturated rings. The van der Waals surface area contributed by atoms with Crippen LogP contribution in [0.1, 0.15) is 31.2 Å². The Labute approximate surface area is 174 Å². The topological polar surface area (TPSA) is 63.6 Å². The predicted molar refractivity (Wildman–Crippen MR) is 114 cm³/mol. The molecule has 3 rings (SSSR count). The summed E-state index contributed by atoms with van der Waals surface area (Å²) in [6.45, 7) is 5.07. The Balaban J connectivity index is 2.08. The Bertz CT molecular complexity index is 1010. The smallest absolute Gasteiger partial charge is 0.335 e. The number of pyridine rings is 1. The summed E-state index contributed by atoms with van der Waals surface area (Å²) in [5, 5.41) is 3.69. The number of halogens is 2. The predicted octanol–water partition coefficient (Wildman–Crippen LogP) is 5.49. The zero-order valence-electron chi connectivity index (χ0n) is 16.2. The zero-order chi connectivity index (χ0) is 21.0. The summed E-state index contributed by atoms with van der Waals surface area (Å²) in [6, 6.07) is 6.11. The number of carbonyl (C=O) groups excluding carboxylic acids is 1. The number of esters is 1. The summed E-state index contributed by atoms with van der Waals surface area (Å²) in [6.07, 6.45) is 6.97. The average Bonchev–Trinajstić information content (AvgIpc) is 3.56. The molecule has 0 atom stereocenters. The molecule has 1 heterocycles. The lowest BCUT2D eigenvalue weighted by Crippen LogP contribution is -2.10. The van der Waals surface area contributed by atoms with Crippen LogP contribution in [0.25, 0.3) is 11.3 Å². The number of ether oxygens (including phenoxy) is 1. The van der Waals surface area contributed by atoms with Crippen molar-refractivity contribution in [3.05, 3.63) is 70.4 Å². The van der Waals surface area contributed by atoms with Gasteiger partial charge in [0.2, 0.25) is 0 Å². The fourth-order valence-corrected chi connectivity index (χ4v) is 3.10. The second-order valence-electron chi connectivity index (χ2n) is 6.71. The molecule has 1 N–H and O–H groups in total. The molecule has 0 bridgehead atoms. The van der Waals surface area contributed by atoms with Gasteiger partial charge in [0.05, 0.1) is 24.1 Å². The van der Waals surface area contributed by atoms with Crippen molar-refractivity contribution in [3.8, 4) is 11.3 Å². The molecule has 1 aromatic carbocycles. The number of methoxy groups -OCH3 is 1. The van der Waals surface area contributed by atoms with Gasteiger partial charge in [-0.15, -0.1) is 0 Å². The molecular weight excluding hydrogens is 393 g/mol. The van der Waals surface area contributed by atoms with Crippen molar-refractivity contribution in [2.75, 3.05) is 12.4 Å². The van der Waals surface area contributed by atoms with E-state index in [0.717, 1.165) is 24.1 Å². The van der Waals surface area contributed by atoms with E-state index in [4.69, 9.17) is 16.3 Å². The molecule has 0 spiro atoms. The van der Waals surface area contributed by atoms with E-state index in [1.165, 1.54) is 31.5 Å². The Morgan fingerprint density at radius 1 is 1.41 bits per heavy atom. The van der Waals surface area contributed by atoms with Gasteiger partial charge in [0.25, 0.3) is 0 Å². The van der Waals surface area contributed by atoms with E-state index in [2.05, 4.69) is 22.0 Å². The van der Waals surface area contributed by atoms with Crippen molar-refractivity contribution >= 4 is 30.0 Å². The number of rotatable bonds is 7. The number of hydrogen-bond acceptors (Lipinski definition) is 5. The minimum Gasteiger partial charge on any atom is -0.466 e. The lowest BCUT2D eigenvalue weighted by atomic mass is 10.1. The molecule has 5 nitrogen and oxygen atoms in total. The van der Waals surface area contributed by atoms with Crippen LogP contribution in [-0.4, -0.2) is 24.8 Å². The van der Waals surface area contributed by atoms with Gasteiger partial charge in [-0.25, -0.2) is 9.18 Å². The second-order valence-corrected chi connectivity index (χ2v) is 7.15. The molecule has 0 saturated heterocycles. The number of nitrogens with one attached hydrogen (secondary N) is 1. The molecule has 0 radical (unpaired) electrons. The molecule has 1 saturated carbocycles. The largest absolute Gasteiger partial charge is 0.466 e. The first-order valence-corrected chi connectivity index (χ1v) is 9.46. The maximum atomic E-state index is 14.3. The van der Waals surface area contributed by atoms with E-state index in [-0.39, 0.29) is 0 Å². The molecular formula is C22H21ClFN3O2. The van der Waals surface area contributed by atoms with Gasteiger partial charge in [-0.05, 0) is 68.3 Å². The van der Waals surface area contributed by atoms with Crippen LogP contribution in [0.3, 0.4) is 0 Å². The minimum atomic E-state index is -0.468. The number of aliphatic imine (C=N–C) groups is 1. The van der Waals surface area contributed by atoms with Crippen LogP contribution in [0, 0.1) is 5.82 Å². The van der Waals surface area contributed by atoms with Crippen molar-refractivity contribution in [2.24, 2.45) is 4.99 Å². The van der Waals surface area contributed by atoms with Crippen molar-refractivity contribution in [3.63, 3.8) is 0 Å². The van der Waals surface area contributed by atoms with Crippen LogP contribution in [0.2, 0.25) is 5.02 Å². The fourth-order valence-electron chi connectivity index (χ4n) is 2.93. The fraction of sp³-hybridized carbons (Fsp3) is 0.227. The van der Waals surface area contributed by atoms with Gasteiger partial charge < -0.3 is 10.1 Å². The second kappa shape index (κ2) is 9.01. The van der Waals surface area contributed by atoms with Crippen LogP contribution in [0.15, 0.2) is 59.0 Å². The van der Waals surface area contributed by atoms with Crippen molar-refractivity contribution in [1.82, 2.24) is 4.98 Å². The molecule has 0 aliphatic heterocycles. The van der Waals surface area contributed by atoms with Gasteiger partial charge in [0.1, 0.15) is 5.82 Å². The van der Waals surface area contributed by atoms with Gasteiger partial charge in [-0.1, -0.05) is 11.6 Å². The Hall–Kier alpha value is -2.99. The standard InChI is InChI=1S/C22H21ClFN3O2/c1-13(22(28)29-3)19(8-9-25-2)27-21-11-20(26-12-17(21)14-4-5-14)16-10-15(23)6-7-18(16)24/h6-12,14H,2,4-5H2,1,3H3,(H,26,27)/b9-8-,19-13-. The molecule has 2 aromatic rings. The first-order valence-electron chi connectivity index (χ1n) is 9.08. The lowest BCUT2D eigenvalue weighted by molar-refractivity contribution is -0.136. The van der Waals surface area contributed by atoms with Gasteiger partial charge in [-0.2, -0.15) is 0 Å². The third kappa shape index (κ3) is 4.90. The summed E-state index contributed by atoms with van der Waals surface area (Å²) in [5.41, 5.74) is 3.38. The lowest BCUT2D eigenvalue weighted by Gasteiger charge is -2.16. The Morgan fingerprint density at radius 2 is 2.17 bits per heavy atom. The highest BCUT2D eigenvalue weighted by Gasteiger charge is 2.27. The van der Waals surface area contributed by atoms with Crippen LogP contribution in [-0.2, 0) is 9.53 Å². The molecule has 0 amide bonds. The van der Waals surface area contributed by atoms with E-state index in [1.54, 1.807) is 25.3 Å². The number of allylic oxidation sites excluding steroid dienone is 1. The number of benzene rings is 1. The number of carbonyl (C=O) groups is 1. The highest BCUT2D eigenvalue weighted by atomic mass is 35.5. The maximum Gasteiger partial charge on any atom is 0.335 e. The third-order valence-electron chi connectivity index (χ3n) is 4.67. The number of nitrogens with zero attached hydrogens (tertiary/aromatic N) is 2. The van der Waals surface area contributed by atoms with E-state index >= 15 is 0 Å². The molecule has 1 aliphatic rings. The molecule has 1 aromatic heterocycles. The molecule has 150 valence electrons. The zero-order valence-corrected chi connectivity index (χ0v) is 17.0. The van der Waals surface area contributed by atoms with Crippen LogP contribution < -0.4 is 5.32 Å². The normalized spacial score (nSPS) is 14.5. The van der Waals surface area contributed by atoms with Crippen LogP contribution in [0.4, 0.5) is 10.1 Å². The first kappa shape index (κ1) is 20.7. The van der Waals surface area contributed by atoms with E-state index in [1.807, 2.05) is 0 Å². The van der Waals surface area contributed by atoms with Crippen molar-refractivity contribution in [1.29, 1.82) is 0 Å². The highest BCUT2D eigenvalue weighted by Crippen LogP contribution is 2.44. The monoisotopic (exact) mass is 413 g/mol. The van der Waals surface area contributed by atoms with E-state index in [9.17, 15) is 9.18 Å². The van der Waals surface area contributed by atoms with Gasteiger partial charge in [0, 0.05) is 28.7 Å². The minimum absolute atomic E-state index is 0.307. The maximum absolute atomic E-state index is 14.3. The molecule has 29 heavy (non-hydrogen) atoms.